The van der Waals surface area contributed by atoms with Gasteiger partial charge in [-0.15, -0.1) is 0 Å². The third-order valence-corrected chi connectivity index (χ3v) is 4.07. The van der Waals surface area contributed by atoms with Gasteiger partial charge in [-0.3, -0.25) is 4.79 Å². The minimum atomic E-state index is -1.02. The van der Waals surface area contributed by atoms with E-state index in [1.165, 1.54) is 12.3 Å². The van der Waals surface area contributed by atoms with Crippen molar-refractivity contribution in [2.75, 3.05) is 10.6 Å². The van der Waals surface area contributed by atoms with Gasteiger partial charge >= 0.3 is 0 Å². The molecule has 1 aromatic heterocycles. The van der Waals surface area contributed by atoms with E-state index in [-0.39, 0.29) is 5.69 Å². The van der Waals surface area contributed by atoms with E-state index in [1.807, 2.05) is 32.0 Å². The number of anilines is 3. The monoisotopic (exact) mass is 353 g/mol. The van der Waals surface area contributed by atoms with E-state index in [2.05, 4.69) is 15.6 Å². The van der Waals surface area contributed by atoms with Crippen LogP contribution in [0.15, 0.2) is 54.7 Å². The van der Waals surface area contributed by atoms with Crippen molar-refractivity contribution in [2.45, 2.75) is 13.8 Å². The van der Waals surface area contributed by atoms with Gasteiger partial charge in [0.1, 0.15) is 5.82 Å². The molecule has 0 saturated carbocycles. The van der Waals surface area contributed by atoms with E-state index < -0.39 is 17.5 Å². The van der Waals surface area contributed by atoms with Gasteiger partial charge in [-0.05, 0) is 55.3 Å². The molecule has 3 rings (SSSR count). The zero-order valence-electron chi connectivity index (χ0n) is 14.3. The maximum absolute atomic E-state index is 13.3. The normalized spacial score (nSPS) is 10.5. The molecule has 0 aliphatic rings. The van der Waals surface area contributed by atoms with Crippen LogP contribution in [0.2, 0.25) is 0 Å². The Morgan fingerprint density at radius 1 is 1.00 bits per heavy atom. The lowest BCUT2D eigenvalue weighted by atomic mass is 10.1. The Labute approximate surface area is 149 Å². The second-order valence-corrected chi connectivity index (χ2v) is 5.89. The molecule has 26 heavy (non-hydrogen) atoms. The fourth-order valence-corrected chi connectivity index (χ4v) is 2.44. The number of carbonyl (C=O) groups excluding carboxylic acids is 1. The lowest BCUT2D eigenvalue weighted by molar-refractivity contribution is 0.102. The third-order valence-electron chi connectivity index (χ3n) is 4.07. The fourth-order valence-electron chi connectivity index (χ4n) is 2.44. The Kier molecular flexibility index (Phi) is 4.93. The second kappa shape index (κ2) is 7.31. The zero-order chi connectivity index (χ0) is 18.7. The predicted molar refractivity (Wildman–Crippen MR) is 97.7 cm³/mol. The van der Waals surface area contributed by atoms with Gasteiger partial charge in [0.15, 0.2) is 11.6 Å². The maximum Gasteiger partial charge on any atom is 0.255 e. The summed E-state index contributed by atoms with van der Waals surface area (Å²) >= 11 is 0. The van der Waals surface area contributed by atoms with E-state index in [4.69, 9.17) is 0 Å². The summed E-state index contributed by atoms with van der Waals surface area (Å²) in [5, 5.41) is 5.72. The Morgan fingerprint density at radius 2 is 1.81 bits per heavy atom. The van der Waals surface area contributed by atoms with E-state index >= 15 is 0 Å². The molecule has 0 unspecified atom stereocenters. The van der Waals surface area contributed by atoms with Crippen LogP contribution in [-0.4, -0.2) is 10.9 Å². The maximum atomic E-state index is 13.3. The van der Waals surface area contributed by atoms with Crippen LogP contribution in [0.4, 0.5) is 26.0 Å². The van der Waals surface area contributed by atoms with Crippen LogP contribution in [0, 0.1) is 25.5 Å². The smallest absolute Gasteiger partial charge is 0.255 e. The number of hydrogen-bond donors (Lipinski definition) is 2. The van der Waals surface area contributed by atoms with Gasteiger partial charge in [0.25, 0.3) is 5.91 Å². The van der Waals surface area contributed by atoms with Gasteiger partial charge < -0.3 is 10.6 Å². The van der Waals surface area contributed by atoms with Gasteiger partial charge in [-0.1, -0.05) is 12.1 Å². The highest BCUT2D eigenvalue weighted by Crippen LogP contribution is 2.22. The van der Waals surface area contributed by atoms with Crippen molar-refractivity contribution in [3.8, 4) is 0 Å². The number of carbonyl (C=O) groups is 1. The Balaban J connectivity index is 1.79. The number of rotatable bonds is 4. The van der Waals surface area contributed by atoms with Crippen molar-refractivity contribution in [2.24, 2.45) is 0 Å². The molecular weight excluding hydrogens is 336 g/mol. The van der Waals surface area contributed by atoms with Crippen LogP contribution in [0.5, 0.6) is 0 Å². The second-order valence-electron chi connectivity index (χ2n) is 5.89. The largest absolute Gasteiger partial charge is 0.340 e. The van der Waals surface area contributed by atoms with Crippen molar-refractivity contribution in [3.05, 3.63) is 83.1 Å². The predicted octanol–water partition coefficient (Wildman–Crippen LogP) is 4.97. The van der Waals surface area contributed by atoms with E-state index in [1.54, 1.807) is 12.1 Å². The molecule has 3 aromatic rings. The summed E-state index contributed by atoms with van der Waals surface area (Å²) in [6.07, 6.45) is 1.51. The van der Waals surface area contributed by atoms with Crippen LogP contribution in [0.1, 0.15) is 21.5 Å². The molecule has 0 radical (unpaired) electrons. The van der Waals surface area contributed by atoms with Crippen LogP contribution in [0.25, 0.3) is 0 Å². The molecule has 0 fully saturated rings. The Morgan fingerprint density at radius 3 is 2.58 bits per heavy atom. The number of aromatic nitrogens is 1. The molecule has 6 heteroatoms. The molecule has 4 nitrogen and oxygen atoms in total. The summed E-state index contributed by atoms with van der Waals surface area (Å²) in [7, 11) is 0. The van der Waals surface area contributed by atoms with Gasteiger partial charge in [0, 0.05) is 29.2 Å². The molecule has 0 aliphatic heterocycles. The van der Waals surface area contributed by atoms with Gasteiger partial charge in [-0.25, -0.2) is 13.8 Å². The first-order valence-corrected chi connectivity index (χ1v) is 8.00. The molecule has 0 aliphatic carbocycles. The number of amides is 1. The van der Waals surface area contributed by atoms with Crippen molar-refractivity contribution in [3.63, 3.8) is 0 Å². The number of halogens is 2. The first kappa shape index (κ1) is 17.5. The van der Waals surface area contributed by atoms with E-state index in [9.17, 15) is 13.6 Å². The van der Waals surface area contributed by atoms with Crippen LogP contribution >= 0.6 is 0 Å². The number of pyridine rings is 1. The molecule has 0 spiro atoms. The Hall–Kier alpha value is -3.28. The summed E-state index contributed by atoms with van der Waals surface area (Å²) in [5.41, 5.74) is 3.65. The number of benzene rings is 2. The molecule has 0 bridgehead atoms. The average molecular weight is 353 g/mol. The molecule has 1 amide bonds. The first-order valence-electron chi connectivity index (χ1n) is 8.00. The molecule has 0 atom stereocenters. The quantitative estimate of drug-likeness (QED) is 0.696. The lowest BCUT2D eigenvalue weighted by Crippen LogP contribution is -2.12. The first-order chi connectivity index (χ1) is 12.4. The van der Waals surface area contributed by atoms with Gasteiger partial charge in [0.2, 0.25) is 0 Å². The highest BCUT2D eigenvalue weighted by atomic mass is 19.2. The SMILES string of the molecule is Cc1cccc(Nc2cc(C(=O)Nc3ccc(F)c(F)c3)ccn2)c1C. The summed E-state index contributed by atoms with van der Waals surface area (Å²) < 4.78 is 26.2. The number of aryl methyl sites for hydroxylation is 1. The van der Waals surface area contributed by atoms with Crippen molar-refractivity contribution >= 4 is 23.1 Å². The molecule has 2 N–H and O–H groups in total. The average Bonchev–Trinajstić information content (AvgIpc) is 2.62. The van der Waals surface area contributed by atoms with Gasteiger partial charge in [0.05, 0.1) is 0 Å². The van der Waals surface area contributed by atoms with Crippen LogP contribution in [0.3, 0.4) is 0 Å². The Bertz CT molecular complexity index is 973. The van der Waals surface area contributed by atoms with Crippen molar-refractivity contribution < 1.29 is 13.6 Å². The molecule has 132 valence electrons. The summed E-state index contributed by atoms with van der Waals surface area (Å²) in [6.45, 7) is 4.01. The number of hydrogen-bond acceptors (Lipinski definition) is 3. The van der Waals surface area contributed by atoms with E-state index in [0.717, 1.165) is 28.9 Å². The summed E-state index contributed by atoms with van der Waals surface area (Å²) in [4.78, 5) is 16.6. The van der Waals surface area contributed by atoms with E-state index in [0.29, 0.717) is 11.4 Å². The highest BCUT2D eigenvalue weighted by Gasteiger charge is 2.10. The summed E-state index contributed by atoms with van der Waals surface area (Å²) in [6, 6.07) is 12.2. The highest BCUT2D eigenvalue weighted by molar-refractivity contribution is 6.04. The molecule has 0 saturated heterocycles. The van der Waals surface area contributed by atoms with Crippen LogP contribution in [-0.2, 0) is 0 Å². The van der Waals surface area contributed by atoms with Crippen LogP contribution < -0.4 is 10.6 Å². The number of nitrogens with zero attached hydrogens (tertiary/aromatic N) is 1. The molecule has 2 aromatic carbocycles. The minimum absolute atomic E-state index is 0.176. The van der Waals surface area contributed by atoms with Gasteiger partial charge in [-0.2, -0.15) is 0 Å². The van der Waals surface area contributed by atoms with Crippen molar-refractivity contribution in [1.82, 2.24) is 4.98 Å². The fraction of sp³-hybridized carbons (Fsp3) is 0.100. The lowest BCUT2D eigenvalue weighted by Gasteiger charge is -2.12. The molecule has 1 heterocycles. The summed E-state index contributed by atoms with van der Waals surface area (Å²) in [5.74, 6) is -1.92. The number of nitrogens with one attached hydrogen (secondary N) is 2. The topological polar surface area (TPSA) is 54.0 Å². The standard InChI is InChI=1S/C20H17F2N3O/c1-12-4-3-5-18(13(12)2)25-19-10-14(8-9-23-19)20(26)24-15-6-7-16(21)17(22)11-15/h3-11H,1-2H3,(H,23,25)(H,24,26). The van der Waals surface area contributed by atoms with Crippen molar-refractivity contribution in [1.29, 1.82) is 0 Å². The zero-order valence-corrected chi connectivity index (χ0v) is 14.3. The third kappa shape index (κ3) is 3.85. The minimum Gasteiger partial charge on any atom is -0.340 e. The molecular formula is C20H17F2N3O.